The fourth-order valence-electron chi connectivity index (χ4n) is 3.34. The second kappa shape index (κ2) is 6.76. The number of hydrogen-bond donors (Lipinski definition) is 2. The van der Waals surface area contributed by atoms with Crippen LogP contribution in [0.5, 0.6) is 0 Å². The predicted molar refractivity (Wildman–Crippen MR) is 85.7 cm³/mol. The summed E-state index contributed by atoms with van der Waals surface area (Å²) in [4.78, 5) is 29.5. The third kappa shape index (κ3) is 3.16. The molecule has 0 aliphatic carbocycles. The SMILES string of the molecule is NNC(=O)c1ccc(C(=O)N2CCC(N3CCCC3)CC2)s1. The molecule has 0 unspecified atom stereocenters. The van der Waals surface area contributed by atoms with E-state index in [1.54, 1.807) is 12.1 Å². The molecule has 0 radical (unpaired) electrons. The molecule has 0 atom stereocenters. The molecule has 1 aromatic heterocycles. The van der Waals surface area contributed by atoms with E-state index in [0.717, 1.165) is 25.9 Å². The zero-order valence-corrected chi connectivity index (χ0v) is 13.4. The number of nitrogens with zero attached hydrogens (tertiary/aromatic N) is 2. The Morgan fingerprint density at radius 3 is 2.36 bits per heavy atom. The van der Waals surface area contributed by atoms with Crippen molar-refractivity contribution in [2.75, 3.05) is 26.2 Å². The van der Waals surface area contributed by atoms with Gasteiger partial charge >= 0.3 is 0 Å². The number of nitrogen functional groups attached to an aromatic ring is 1. The first kappa shape index (κ1) is 15.5. The molecular formula is C15H22N4O2S. The average Bonchev–Trinajstić information content (AvgIpc) is 3.25. The van der Waals surface area contributed by atoms with Gasteiger partial charge in [-0.05, 0) is 50.9 Å². The van der Waals surface area contributed by atoms with Crippen molar-refractivity contribution in [3.05, 3.63) is 21.9 Å². The van der Waals surface area contributed by atoms with Crippen LogP contribution in [0.2, 0.25) is 0 Å². The first-order valence-corrected chi connectivity index (χ1v) is 8.65. The van der Waals surface area contributed by atoms with Crippen molar-refractivity contribution in [3.8, 4) is 0 Å². The van der Waals surface area contributed by atoms with Gasteiger partial charge in [0.05, 0.1) is 9.75 Å². The van der Waals surface area contributed by atoms with E-state index in [2.05, 4.69) is 10.3 Å². The first-order chi connectivity index (χ1) is 10.7. The van der Waals surface area contributed by atoms with Gasteiger partial charge in [-0.25, -0.2) is 5.84 Å². The van der Waals surface area contributed by atoms with Gasteiger partial charge in [0.25, 0.3) is 11.8 Å². The van der Waals surface area contributed by atoms with E-state index in [4.69, 9.17) is 5.84 Å². The summed E-state index contributed by atoms with van der Waals surface area (Å²) in [6.07, 6.45) is 4.71. The number of piperidine rings is 1. The van der Waals surface area contributed by atoms with Crippen molar-refractivity contribution in [3.63, 3.8) is 0 Å². The van der Waals surface area contributed by atoms with Crippen molar-refractivity contribution in [1.82, 2.24) is 15.2 Å². The van der Waals surface area contributed by atoms with Gasteiger partial charge in [-0.2, -0.15) is 0 Å². The van der Waals surface area contributed by atoms with Crippen LogP contribution in [0, 0.1) is 0 Å². The molecule has 3 N–H and O–H groups in total. The van der Waals surface area contributed by atoms with Crippen LogP contribution in [-0.2, 0) is 0 Å². The molecule has 120 valence electrons. The highest BCUT2D eigenvalue weighted by molar-refractivity contribution is 7.15. The van der Waals surface area contributed by atoms with Gasteiger partial charge in [0.1, 0.15) is 0 Å². The largest absolute Gasteiger partial charge is 0.338 e. The lowest BCUT2D eigenvalue weighted by Crippen LogP contribution is -2.45. The summed E-state index contributed by atoms with van der Waals surface area (Å²) in [5.41, 5.74) is 2.09. The lowest BCUT2D eigenvalue weighted by Gasteiger charge is -2.36. The number of hydrogen-bond acceptors (Lipinski definition) is 5. The topological polar surface area (TPSA) is 78.7 Å². The molecule has 3 heterocycles. The number of hydrazine groups is 1. The van der Waals surface area contributed by atoms with Crippen molar-refractivity contribution < 1.29 is 9.59 Å². The number of carbonyl (C=O) groups is 2. The summed E-state index contributed by atoms with van der Waals surface area (Å²) >= 11 is 1.20. The minimum absolute atomic E-state index is 0.0287. The van der Waals surface area contributed by atoms with Crippen LogP contribution >= 0.6 is 11.3 Å². The monoisotopic (exact) mass is 322 g/mol. The number of nitrogens with two attached hydrogens (primary N) is 1. The average molecular weight is 322 g/mol. The Bertz CT molecular complexity index is 545. The van der Waals surface area contributed by atoms with Gasteiger partial charge < -0.3 is 9.80 Å². The van der Waals surface area contributed by atoms with Gasteiger partial charge in [0, 0.05) is 19.1 Å². The van der Waals surface area contributed by atoms with E-state index in [1.807, 2.05) is 4.90 Å². The zero-order valence-electron chi connectivity index (χ0n) is 12.6. The quantitative estimate of drug-likeness (QED) is 0.495. The van der Waals surface area contributed by atoms with Gasteiger partial charge in [-0.3, -0.25) is 15.0 Å². The van der Waals surface area contributed by atoms with E-state index in [-0.39, 0.29) is 11.8 Å². The molecule has 0 saturated carbocycles. The molecule has 2 aliphatic rings. The molecule has 22 heavy (non-hydrogen) atoms. The first-order valence-electron chi connectivity index (χ1n) is 7.83. The number of rotatable bonds is 3. The van der Waals surface area contributed by atoms with Gasteiger partial charge in [-0.1, -0.05) is 0 Å². The highest BCUT2D eigenvalue weighted by atomic mass is 32.1. The van der Waals surface area contributed by atoms with Crippen LogP contribution < -0.4 is 11.3 Å². The van der Waals surface area contributed by atoms with Crippen molar-refractivity contribution >= 4 is 23.2 Å². The Hall–Kier alpha value is -1.44. The highest BCUT2D eigenvalue weighted by Gasteiger charge is 2.29. The third-order valence-electron chi connectivity index (χ3n) is 4.58. The minimum atomic E-state index is -0.350. The highest BCUT2D eigenvalue weighted by Crippen LogP contribution is 2.24. The summed E-state index contributed by atoms with van der Waals surface area (Å²) < 4.78 is 0. The molecule has 0 spiro atoms. The molecule has 2 fully saturated rings. The number of carbonyl (C=O) groups excluding carboxylic acids is 2. The maximum Gasteiger partial charge on any atom is 0.275 e. The second-order valence-electron chi connectivity index (χ2n) is 5.90. The van der Waals surface area contributed by atoms with E-state index in [1.165, 1.54) is 37.3 Å². The second-order valence-corrected chi connectivity index (χ2v) is 6.99. The molecule has 0 aromatic carbocycles. The maximum absolute atomic E-state index is 12.5. The summed E-state index contributed by atoms with van der Waals surface area (Å²) in [6.45, 7) is 4.02. The van der Waals surface area contributed by atoms with Crippen LogP contribution in [0.25, 0.3) is 0 Å². The molecule has 3 rings (SSSR count). The number of nitrogens with one attached hydrogen (secondary N) is 1. The molecule has 2 amide bonds. The van der Waals surface area contributed by atoms with Crippen LogP contribution in [0.1, 0.15) is 45.0 Å². The van der Waals surface area contributed by atoms with Gasteiger partial charge in [-0.15, -0.1) is 11.3 Å². The Morgan fingerprint density at radius 1 is 1.09 bits per heavy atom. The number of amides is 2. The van der Waals surface area contributed by atoms with E-state index in [0.29, 0.717) is 15.8 Å². The Balaban J connectivity index is 1.57. The van der Waals surface area contributed by atoms with Crippen LogP contribution in [0.15, 0.2) is 12.1 Å². The number of likely N-dealkylation sites (tertiary alicyclic amines) is 2. The standard InChI is InChI=1S/C15H22N4O2S/c16-17-14(20)12-3-4-13(22-12)15(21)19-9-5-11(6-10-19)18-7-1-2-8-18/h3-4,11H,1-2,5-10,16H2,(H,17,20). The maximum atomic E-state index is 12.5. The van der Waals surface area contributed by atoms with Crippen LogP contribution in [-0.4, -0.2) is 53.8 Å². The molecule has 0 bridgehead atoms. The molecule has 7 heteroatoms. The van der Waals surface area contributed by atoms with E-state index < -0.39 is 0 Å². The molecule has 1 aromatic rings. The lowest BCUT2D eigenvalue weighted by molar-refractivity contribution is 0.0649. The predicted octanol–water partition coefficient (Wildman–Crippen LogP) is 1.05. The van der Waals surface area contributed by atoms with Gasteiger partial charge in [0.2, 0.25) is 0 Å². The molecule has 6 nitrogen and oxygen atoms in total. The summed E-state index contributed by atoms with van der Waals surface area (Å²) in [7, 11) is 0. The fourth-order valence-corrected chi connectivity index (χ4v) is 4.22. The lowest BCUT2D eigenvalue weighted by atomic mass is 10.0. The van der Waals surface area contributed by atoms with Crippen LogP contribution in [0.4, 0.5) is 0 Å². The Morgan fingerprint density at radius 2 is 1.73 bits per heavy atom. The summed E-state index contributed by atoms with van der Waals surface area (Å²) in [5, 5.41) is 0. The van der Waals surface area contributed by atoms with E-state index >= 15 is 0 Å². The minimum Gasteiger partial charge on any atom is -0.338 e. The van der Waals surface area contributed by atoms with Gasteiger partial charge in [0.15, 0.2) is 0 Å². The fraction of sp³-hybridized carbons (Fsp3) is 0.600. The normalized spacial score (nSPS) is 20.3. The zero-order chi connectivity index (χ0) is 15.5. The molecular weight excluding hydrogens is 300 g/mol. The van der Waals surface area contributed by atoms with Crippen molar-refractivity contribution in [2.24, 2.45) is 5.84 Å². The third-order valence-corrected chi connectivity index (χ3v) is 5.65. The summed E-state index contributed by atoms with van der Waals surface area (Å²) in [6, 6.07) is 4.00. The smallest absolute Gasteiger partial charge is 0.275 e. The molecule has 2 aliphatic heterocycles. The number of thiophene rings is 1. The van der Waals surface area contributed by atoms with Crippen molar-refractivity contribution in [2.45, 2.75) is 31.7 Å². The van der Waals surface area contributed by atoms with Crippen molar-refractivity contribution in [1.29, 1.82) is 0 Å². The van der Waals surface area contributed by atoms with Crippen LogP contribution in [0.3, 0.4) is 0 Å². The Kier molecular flexibility index (Phi) is 4.75. The van der Waals surface area contributed by atoms with E-state index in [9.17, 15) is 9.59 Å². The molecule has 2 saturated heterocycles. The summed E-state index contributed by atoms with van der Waals surface area (Å²) in [5.74, 6) is 4.79. The Labute approximate surface area is 134 Å².